The van der Waals surface area contributed by atoms with Crippen LogP contribution in [0.4, 0.5) is 8.78 Å². The molecular weight excluding hydrogens is 446 g/mol. The molecule has 0 unspecified atom stereocenters. The molecule has 0 spiro atoms. The van der Waals surface area contributed by atoms with E-state index in [0.717, 1.165) is 0 Å². The predicted octanol–water partition coefficient (Wildman–Crippen LogP) is 2.94. The van der Waals surface area contributed by atoms with Crippen LogP contribution in [0.5, 0.6) is 0 Å². The quantitative estimate of drug-likeness (QED) is 0.402. The van der Waals surface area contributed by atoms with Crippen molar-refractivity contribution in [2.75, 3.05) is 7.11 Å². The molecule has 0 fully saturated rings. The van der Waals surface area contributed by atoms with Crippen molar-refractivity contribution in [1.29, 1.82) is 0 Å². The maximum absolute atomic E-state index is 12.6. The highest BCUT2D eigenvalue weighted by molar-refractivity contribution is 14.1. The van der Waals surface area contributed by atoms with Gasteiger partial charge in [0.25, 0.3) is 6.43 Å². The Kier molecular flexibility index (Phi) is 5.28. The Balaban J connectivity index is 3.09. The number of ether oxygens (including phenoxy) is 1. The average Bonchev–Trinajstić information content (AvgIpc) is 2.21. The molecule has 1 rings (SSSR count). The van der Waals surface area contributed by atoms with E-state index >= 15 is 0 Å². The number of hydrogen-bond donors (Lipinski definition) is 0. The molecule has 7 heteroatoms. The molecule has 0 aliphatic heterocycles. The molecule has 0 N–H and O–H groups in total. The molecule has 16 heavy (non-hydrogen) atoms. The average molecular weight is 453 g/mol. The first-order valence-electron chi connectivity index (χ1n) is 4.15. The Morgan fingerprint density at radius 3 is 2.62 bits per heavy atom. The van der Waals surface area contributed by atoms with E-state index in [0.29, 0.717) is 9.26 Å². The smallest absolute Gasteiger partial charge is 0.310 e. The summed E-state index contributed by atoms with van der Waals surface area (Å²) in [6.07, 6.45) is -2.63. The lowest BCUT2D eigenvalue weighted by atomic mass is 10.1. The minimum Gasteiger partial charge on any atom is -0.469 e. The number of hydrogen-bond acceptors (Lipinski definition) is 3. The second kappa shape index (κ2) is 6.03. The molecule has 0 aliphatic carbocycles. The van der Waals surface area contributed by atoms with Gasteiger partial charge in [0, 0.05) is 0 Å². The largest absolute Gasteiger partial charge is 0.469 e. The molecule has 1 heterocycles. The lowest BCUT2D eigenvalue weighted by Gasteiger charge is -2.08. The minimum absolute atomic E-state index is 0.0432. The number of aromatic nitrogens is 1. The fourth-order valence-electron chi connectivity index (χ4n) is 1.03. The summed E-state index contributed by atoms with van der Waals surface area (Å²) in [6.45, 7) is 0. The molecule has 0 saturated heterocycles. The molecule has 0 bridgehead atoms. The van der Waals surface area contributed by atoms with E-state index < -0.39 is 12.4 Å². The van der Waals surface area contributed by atoms with E-state index in [2.05, 4.69) is 9.72 Å². The molecule has 0 aliphatic rings. The lowest BCUT2D eigenvalue weighted by molar-refractivity contribution is -0.139. The third-order valence-corrected chi connectivity index (χ3v) is 3.62. The van der Waals surface area contributed by atoms with Crippen LogP contribution in [-0.2, 0) is 16.0 Å². The van der Waals surface area contributed by atoms with Crippen molar-refractivity contribution in [3.63, 3.8) is 0 Å². The van der Waals surface area contributed by atoms with Crippen LogP contribution in [0.2, 0.25) is 0 Å². The summed E-state index contributed by atoms with van der Waals surface area (Å²) < 4.78 is 30.5. The molecule has 0 aromatic carbocycles. The van der Waals surface area contributed by atoms with Crippen LogP contribution in [0, 0.1) is 7.40 Å². The first-order valence-corrected chi connectivity index (χ1v) is 6.31. The molecule has 0 radical (unpaired) electrons. The van der Waals surface area contributed by atoms with Gasteiger partial charge in [-0.15, -0.1) is 0 Å². The van der Waals surface area contributed by atoms with Crippen molar-refractivity contribution in [3.8, 4) is 0 Å². The number of nitrogens with zero attached hydrogens (tertiary/aromatic N) is 1. The predicted molar refractivity (Wildman–Crippen MR) is 70.3 cm³/mol. The van der Waals surface area contributed by atoms with Crippen LogP contribution in [0.1, 0.15) is 17.6 Å². The summed E-state index contributed by atoms with van der Waals surface area (Å²) in [5.41, 5.74) is 0.308. The van der Waals surface area contributed by atoms with Crippen LogP contribution in [-0.4, -0.2) is 18.1 Å². The maximum Gasteiger partial charge on any atom is 0.310 e. The Hall–Kier alpha value is -0.0600. The number of carbonyl (C=O) groups is 1. The van der Waals surface area contributed by atoms with Gasteiger partial charge in [0.2, 0.25) is 0 Å². The van der Waals surface area contributed by atoms with Crippen LogP contribution in [0.25, 0.3) is 0 Å². The van der Waals surface area contributed by atoms with Crippen LogP contribution >= 0.6 is 45.2 Å². The third-order valence-electron chi connectivity index (χ3n) is 1.83. The number of methoxy groups -OCH3 is 1. The monoisotopic (exact) mass is 453 g/mol. The SMILES string of the molecule is COC(=O)Cc1cc(C(F)F)c(I)nc1I. The maximum atomic E-state index is 12.6. The van der Waals surface area contributed by atoms with E-state index in [1.54, 1.807) is 22.6 Å². The van der Waals surface area contributed by atoms with Crippen molar-refractivity contribution in [2.45, 2.75) is 12.8 Å². The van der Waals surface area contributed by atoms with Crippen molar-refractivity contribution in [3.05, 3.63) is 24.6 Å². The molecule has 0 saturated carbocycles. The summed E-state index contributed by atoms with van der Waals surface area (Å²) in [5.74, 6) is -0.471. The van der Waals surface area contributed by atoms with Gasteiger partial charge in [0.1, 0.15) is 7.40 Å². The van der Waals surface area contributed by atoms with Gasteiger partial charge in [-0.05, 0) is 56.8 Å². The van der Waals surface area contributed by atoms with Gasteiger partial charge in [-0.3, -0.25) is 4.79 Å². The lowest BCUT2D eigenvalue weighted by Crippen LogP contribution is -2.09. The Morgan fingerprint density at radius 1 is 1.50 bits per heavy atom. The summed E-state index contributed by atoms with van der Waals surface area (Å²) in [5, 5.41) is 0. The normalized spacial score (nSPS) is 10.6. The molecule has 1 aromatic rings. The number of carbonyl (C=O) groups excluding carboxylic acids is 1. The van der Waals surface area contributed by atoms with Gasteiger partial charge in [-0.25, -0.2) is 13.8 Å². The molecule has 0 atom stereocenters. The topological polar surface area (TPSA) is 39.2 Å². The second-order valence-electron chi connectivity index (χ2n) is 2.87. The van der Waals surface area contributed by atoms with Crippen molar-refractivity contribution in [1.82, 2.24) is 4.98 Å². The first-order chi connectivity index (χ1) is 7.45. The van der Waals surface area contributed by atoms with E-state index in [-0.39, 0.29) is 15.7 Å². The highest BCUT2D eigenvalue weighted by atomic mass is 127. The van der Waals surface area contributed by atoms with Crippen molar-refractivity contribution >= 4 is 51.2 Å². The summed E-state index contributed by atoms with van der Waals surface area (Å²) in [4.78, 5) is 15.0. The van der Waals surface area contributed by atoms with E-state index in [4.69, 9.17) is 0 Å². The zero-order valence-corrected chi connectivity index (χ0v) is 12.5. The zero-order chi connectivity index (χ0) is 12.3. The fraction of sp³-hybridized carbons (Fsp3) is 0.333. The van der Waals surface area contributed by atoms with Gasteiger partial charge < -0.3 is 4.74 Å². The summed E-state index contributed by atoms with van der Waals surface area (Å²) in [7, 11) is 1.25. The number of alkyl halides is 2. The van der Waals surface area contributed by atoms with E-state index in [9.17, 15) is 13.6 Å². The molecule has 88 valence electrons. The Bertz CT molecular complexity index is 413. The number of esters is 1. The van der Waals surface area contributed by atoms with Gasteiger partial charge in [-0.1, -0.05) is 0 Å². The fourth-order valence-corrected chi connectivity index (χ4v) is 2.72. The summed E-state index contributed by atoms with van der Waals surface area (Å²) in [6, 6.07) is 1.30. The summed E-state index contributed by atoms with van der Waals surface area (Å²) >= 11 is 3.66. The number of pyridine rings is 1. The van der Waals surface area contributed by atoms with Crippen LogP contribution < -0.4 is 0 Å². The van der Waals surface area contributed by atoms with E-state index in [1.807, 2.05) is 22.6 Å². The standard InChI is InChI=1S/C9H7F2I2NO2/c1-16-6(15)3-4-2-5(7(10)11)9(13)14-8(4)12/h2,7H,3H2,1H3. The molecule has 3 nitrogen and oxygen atoms in total. The third kappa shape index (κ3) is 3.47. The Morgan fingerprint density at radius 2 is 2.12 bits per heavy atom. The van der Waals surface area contributed by atoms with Crippen molar-refractivity contribution < 1.29 is 18.3 Å². The van der Waals surface area contributed by atoms with Gasteiger partial charge in [0.05, 0.1) is 19.1 Å². The highest BCUT2D eigenvalue weighted by Gasteiger charge is 2.17. The van der Waals surface area contributed by atoms with Gasteiger partial charge >= 0.3 is 5.97 Å². The molecular formula is C9H7F2I2NO2. The van der Waals surface area contributed by atoms with Crippen LogP contribution in [0.3, 0.4) is 0 Å². The van der Waals surface area contributed by atoms with Crippen LogP contribution in [0.15, 0.2) is 6.07 Å². The zero-order valence-electron chi connectivity index (χ0n) is 8.14. The number of halogens is 4. The van der Waals surface area contributed by atoms with Gasteiger partial charge in [0.15, 0.2) is 0 Å². The number of rotatable bonds is 3. The molecule has 0 amide bonds. The second-order valence-corrected chi connectivity index (χ2v) is 4.92. The highest BCUT2D eigenvalue weighted by Crippen LogP contribution is 2.26. The van der Waals surface area contributed by atoms with Gasteiger partial charge in [-0.2, -0.15) is 0 Å². The minimum atomic E-state index is -2.59. The Labute approximate surface area is 118 Å². The first kappa shape index (κ1) is 14.0. The van der Waals surface area contributed by atoms with Crippen molar-refractivity contribution in [2.24, 2.45) is 0 Å². The molecule has 1 aromatic heterocycles. The van der Waals surface area contributed by atoms with E-state index in [1.165, 1.54) is 13.2 Å².